The fourth-order valence-corrected chi connectivity index (χ4v) is 6.82. The van der Waals surface area contributed by atoms with Gasteiger partial charge in [-0.1, -0.05) is 31.3 Å². The van der Waals surface area contributed by atoms with Crippen LogP contribution < -0.4 is 39.0 Å². The second-order valence-electron chi connectivity index (χ2n) is 12.8. The van der Waals surface area contributed by atoms with Crippen LogP contribution in [0.3, 0.4) is 0 Å². The number of hydrogen-bond acceptors (Lipinski definition) is 16. The minimum atomic E-state index is -2.92. The van der Waals surface area contributed by atoms with E-state index in [1.165, 1.54) is 4.90 Å². The van der Waals surface area contributed by atoms with Crippen LogP contribution in [0.15, 0.2) is 24.3 Å². The van der Waals surface area contributed by atoms with Gasteiger partial charge in [-0.2, -0.15) is 0 Å². The lowest BCUT2D eigenvalue weighted by Crippen LogP contribution is -2.54. The van der Waals surface area contributed by atoms with Gasteiger partial charge in [-0.05, 0) is 49.8 Å². The predicted molar refractivity (Wildman–Crippen MR) is 210 cm³/mol. The normalized spacial score (nSPS) is 17.2. The standard InChI is InChI=1S/C34H61N8O12PS/c1-2-55(47,56)54-29-9-5-27(6-10-29)33(45)41-28-7-3-26(4-8-28)23-30(34(46)40-13-16-50-19-22-53-37)42(24-31(43)38-11-14-48-17-20-51-35)25-32(44)39-12-15-49-18-21-52-36/h3-4,7-8,27,29-30H,2,5-6,9-25,35-37H2,1H3,(H,38,43)(H,39,44)(H,40,46)(H,41,45)(H,47,56). The van der Waals surface area contributed by atoms with E-state index >= 15 is 0 Å². The predicted octanol–water partition coefficient (Wildman–Crippen LogP) is -0.374. The first-order chi connectivity index (χ1) is 27.0. The average molecular weight is 837 g/mol. The molecule has 2 atom stereocenters. The maximum Gasteiger partial charge on any atom is 0.254 e. The van der Waals surface area contributed by atoms with Crippen LogP contribution in [0.25, 0.3) is 0 Å². The number of anilines is 1. The monoisotopic (exact) mass is 836 g/mol. The zero-order valence-electron chi connectivity index (χ0n) is 32.2. The number of thiol groups is 1. The van der Waals surface area contributed by atoms with Crippen molar-refractivity contribution >= 4 is 48.1 Å². The summed E-state index contributed by atoms with van der Waals surface area (Å²) in [5.74, 6) is 13.4. The molecule has 0 heterocycles. The van der Waals surface area contributed by atoms with E-state index in [0.29, 0.717) is 43.1 Å². The van der Waals surface area contributed by atoms with Gasteiger partial charge >= 0.3 is 0 Å². The maximum absolute atomic E-state index is 13.8. The summed E-state index contributed by atoms with van der Waals surface area (Å²) in [6.45, 7) is 0.585. The zero-order valence-corrected chi connectivity index (χ0v) is 33.9. The fraction of sp³-hybridized carbons (Fsp3) is 0.706. The molecule has 2 rings (SSSR count). The van der Waals surface area contributed by atoms with Gasteiger partial charge in [-0.15, -0.1) is 0 Å². The molecule has 0 aromatic heterocycles. The van der Waals surface area contributed by atoms with E-state index < -0.39 is 30.3 Å². The fourth-order valence-electron chi connectivity index (χ4n) is 5.59. The van der Waals surface area contributed by atoms with E-state index in [1.54, 1.807) is 31.2 Å². The summed E-state index contributed by atoms with van der Waals surface area (Å²) in [6, 6.07) is 6.03. The summed E-state index contributed by atoms with van der Waals surface area (Å²) >= 11 is 4.14. The van der Waals surface area contributed by atoms with Crippen LogP contribution in [0.2, 0.25) is 0 Å². The van der Waals surface area contributed by atoms with Crippen LogP contribution in [0, 0.1) is 5.92 Å². The highest BCUT2D eigenvalue weighted by Gasteiger charge is 2.31. The summed E-state index contributed by atoms with van der Waals surface area (Å²) in [5.41, 5.74) is 1.28. The molecule has 1 aliphatic carbocycles. The van der Waals surface area contributed by atoms with Crippen molar-refractivity contribution in [3.8, 4) is 0 Å². The third-order valence-electron chi connectivity index (χ3n) is 8.57. The van der Waals surface area contributed by atoms with Crippen molar-refractivity contribution in [3.63, 3.8) is 0 Å². The first-order valence-corrected chi connectivity index (χ1v) is 21.6. The molecule has 56 heavy (non-hydrogen) atoms. The molecule has 1 aliphatic rings. The number of hydrogen-bond donors (Lipinski definition) is 8. The molecule has 1 saturated carbocycles. The molecular weight excluding hydrogens is 775 g/mol. The van der Waals surface area contributed by atoms with Crippen LogP contribution in [0.5, 0.6) is 0 Å². The molecular formula is C34H61N8O12PS. The van der Waals surface area contributed by atoms with Crippen LogP contribution >= 0.6 is 18.8 Å². The summed E-state index contributed by atoms with van der Waals surface area (Å²) in [5, 5.41) is 11.3. The Morgan fingerprint density at radius 1 is 0.750 bits per heavy atom. The first kappa shape index (κ1) is 49.4. The molecule has 320 valence electrons. The highest BCUT2D eigenvalue weighted by Crippen LogP contribution is 2.53. The topological polar surface area (TPSA) is 279 Å². The van der Waals surface area contributed by atoms with E-state index in [9.17, 15) is 23.7 Å². The maximum atomic E-state index is 13.8. The number of rotatable bonds is 31. The number of carbonyl (C=O) groups excluding carboxylic acids is 4. The van der Waals surface area contributed by atoms with Gasteiger partial charge in [0.05, 0.1) is 84.7 Å². The SMILES string of the molecule is CCP(=O)(S)OC1CCC(C(=O)Nc2ccc(CC(C(=O)NCCOCCON)N(CC(=O)NCCOCCON)CC(=O)NCCOCCON)cc2)CC1. The number of benzene rings is 1. The van der Waals surface area contributed by atoms with E-state index in [1.807, 2.05) is 0 Å². The van der Waals surface area contributed by atoms with Crippen molar-refractivity contribution in [2.24, 2.45) is 23.6 Å². The third kappa shape index (κ3) is 21.7. The van der Waals surface area contributed by atoms with E-state index in [0.717, 1.165) is 0 Å². The Labute approximate surface area is 333 Å². The van der Waals surface area contributed by atoms with Gasteiger partial charge in [0.1, 0.15) is 0 Å². The van der Waals surface area contributed by atoms with E-state index in [-0.39, 0.29) is 117 Å². The molecule has 0 bridgehead atoms. The third-order valence-corrected chi connectivity index (χ3v) is 11.1. The van der Waals surface area contributed by atoms with Gasteiger partial charge in [0.2, 0.25) is 23.6 Å². The Balaban J connectivity index is 2.16. The Bertz CT molecular complexity index is 1300. The van der Waals surface area contributed by atoms with Crippen LogP contribution in [-0.4, -0.2) is 139 Å². The molecule has 1 fully saturated rings. The molecule has 10 N–H and O–H groups in total. The summed E-state index contributed by atoms with van der Waals surface area (Å²) in [4.78, 5) is 68.1. The number of nitrogens with zero attached hydrogens (tertiary/aromatic N) is 1. The number of amides is 4. The number of ether oxygens (including phenoxy) is 3. The van der Waals surface area contributed by atoms with Gasteiger partial charge in [0, 0.05) is 37.4 Å². The van der Waals surface area contributed by atoms with Gasteiger partial charge in [0.25, 0.3) is 6.57 Å². The van der Waals surface area contributed by atoms with E-state index in [2.05, 4.69) is 48.0 Å². The molecule has 0 radical (unpaired) electrons. The Kier molecular flexibility index (Phi) is 26.0. The highest BCUT2D eigenvalue weighted by molar-refractivity contribution is 8.46. The molecule has 4 amide bonds. The van der Waals surface area contributed by atoms with Crippen LogP contribution in [0.4, 0.5) is 5.69 Å². The van der Waals surface area contributed by atoms with Gasteiger partial charge in [-0.3, -0.25) is 28.6 Å². The average Bonchev–Trinajstić information content (AvgIpc) is 3.18. The molecule has 0 saturated heterocycles. The van der Waals surface area contributed by atoms with Crippen molar-refractivity contribution in [3.05, 3.63) is 29.8 Å². The molecule has 0 aliphatic heterocycles. The zero-order chi connectivity index (χ0) is 41.0. The summed E-state index contributed by atoms with van der Waals surface area (Å²) in [7, 11) is 0. The second-order valence-corrected chi connectivity index (χ2v) is 16.7. The van der Waals surface area contributed by atoms with E-state index in [4.69, 9.17) is 36.4 Å². The number of carbonyl (C=O) groups is 4. The Hall–Kier alpha value is -2.76. The largest absolute Gasteiger partial charge is 0.377 e. The lowest BCUT2D eigenvalue weighted by atomic mass is 9.87. The number of nitrogens with one attached hydrogen (secondary N) is 4. The van der Waals surface area contributed by atoms with Crippen molar-refractivity contribution in [1.29, 1.82) is 0 Å². The minimum Gasteiger partial charge on any atom is -0.377 e. The minimum absolute atomic E-state index is 0.115. The molecule has 1 aromatic rings. The van der Waals surface area contributed by atoms with Crippen molar-refractivity contribution in [1.82, 2.24) is 20.9 Å². The molecule has 0 spiro atoms. The van der Waals surface area contributed by atoms with Crippen molar-refractivity contribution < 1.29 is 57.0 Å². The molecule has 2 unspecified atom stereocenters. The van der Waals surface area contributed by atoms with Crippen LogP contribution in [-0.2, 0) is 63.4 Å². The summed E-state index contributed by atoms with van der Waals surface area (Å²) in [6.07, 6.45) is 2.69. The second kappa shape index (κ2) is 29.5. The Morgan fingerprint density at radius 2 is 1.23 bits per heavy atom. The Morgan fingerprint density at radius 3 is 1.70 bits per heavy atom. The lowest BCUT2D eigenvalue weighted by molar-refractivity contribution is -0.131. The highest BCUT2D eigenvalue weighted by atomic mass is 32.7. The summed E-state index contributed by atoms with van der Waals surface area (Å²) < 4.78 is 34.1. The quantitative estimate of drug-likeness (QED) is 0.0205. The molecule has 20 nitrogen and oxygen atoms in total. The smallest absolute Gasteiger partial charge is 0.254 e. The van der Waals surface area contributed by atoms with Gasteiger partial charge in [0.15, 0.2) is 0 Å². The van der Waals surface area contributed by atoms with Crippen molar-refractivity contribution in [2.45, 2.75) is 51.2 Å². The lowest BCUT2D eigenvalue weighted by Gasteiger charge is -2.30. The van der Waals surface area contributed by atoms with Gasteiger partial charge in [-0.25, -0.2) is 17.7 Å². The van der Waals surface area contributed by atoms with Crippen molar-refractivity contribution in [2.75, 3.05) is 104 Å². The van der Waals surface area contributed by atoms with Crippen LogP contribution in [0.1, 0.15) is 38.2 Å². The molecule has 22 heteroatoms. The number of nitrogens with two attached hydrogens (primary N) is 3. The first-order valence-electron chi connectivity index (χ1n) is 18.6. The molecule has 1 aromatic carbocycles. The van der Waals surface area contributed by atoms with Gasteiger partial charge < -0.3 is 54.5 Å².